The van der Waals surface area contributed by atoms with Crippen LogP contribution >= 0.6 is 0 Å². The summed E-state index contributed by atoms with van der Waals surface area (Å²) in [5.74, 6) is -2.51. The standard InChI is InChI=1S/C15H13N3.C4H4O4/c1-2-5-13-12(4-1)11-17-8-3-6-14(17)15-10-16-7-9-18(13)15;5-3(6)1-2-4(7)8/h1-8,10H,9,11H2;1-2H,(H,5,6)(H,7,8)/b;2-1-. The van der Waals surface area contributed by atoms with Gasteiger partial charge in [0.05, 0.1) is 24.1 Å². The molecular weight excluding hydrogens is 334 g/mol. The SMILES string of the molecule is C1=NC=C2c3cccn3Cc3ccccc3N2C1.O=C(O)/C=C\C(=O)O. The Morgan fingerprint density at radius 2 is 1.77 bits per heavy atom. The Labute approximate surface area is 149 Å². The van der Waals surface area contributed by atoms with Crippen LogP contribution in [0.25, 0.3) is 5.70 Å². The van der Waals surface area contributed by atoms with Gasteiger partial charge in [0.1, 0.15) is 0 Å². The first kappa shape index (κ1) is 17.2. The van der Waals surface area contributed by atoms with E-state index in [1.54, 1.807) is 0 Å². The molecule has 0 atom stereocenters. The maximum atomic E-state index is 9.55. The Balaban J connectivity index is 0.000000211. The molecule has 2 N–H and O–H groups in total. The number of aliphatic imine (C=N–C) groups is 1. The number of benzene rings is 1. The molecule has 7 heteroatoms. The van der Waals surface area contributed by atoms with Gasteiger partial charge >= 0.3 is 11.9 Å². The van der Waals surface area contributed by atoms with Gasteiger partial charge in [0.2, 0.25) is 0 Å². The van der Waals surface area contributed by atoms with Crippen molar-refractivity contribution in [2.24, 2.45) is 4.99 Å². The number of aliphatic carboxylic acids is 2. The highest BCUT2D eigenvalue weighted by Crippen LogP contribution is 2.34. The summed E-state index contributed by atoms with van der Waals surface area (Å²) < 4.78 is 2.28. The number of nitrogens with zero attached hydrogens (tertiary/aromatic N) is 3. The fraction of sp³-hybridized carbons (Fsp3) is 0.105. The minimum atomic E-state index is -1.26. The highest BCUT2D eigenvalue weighted by Gasteiger charge is 2.23. The number of fused-ring (bicyclic) bond motifs is 5. The van der Waals surface area contributed by atoms with Crippen molar-refractivity contribution in [3.8, 4) is 0 Å². The lowest BCUT2D eigenvalue weighted by molar-refractivity contribution is -0.134. The molecule has 0 amide bonds. The molecule has 0 radical (unpaired) electrons. The van der Waals surface area contributed by atoms with Crippen molar-refractivity contribution < 1.29 is 19.8 Å². The molecule has 0 bridgehead atoms. The number of carbonyl (C=O) groups is 2. The maximum Gasteiger partial charge on any atom is 0.328 e. The minimum absolute atomic E-state index is 0.558. The molecule has 26 heavy (non-hydrogen) atoms. The lowest BCUT2D eigenvalue weighted by Crippen LogP contribution is -2.25. The van der Waals surface area contributed by atoms with Crippen molar-refractivity contribution in [3.63, 3.8) is 0 Å². The zero-order valence-electron chi connectivity index (χ0n) is 13.8. The number of anilines is 1. The van der Waals surface area contributed by atoms with Gasteiger partial charge in [-0.05, 0) is 23.8 Å². The largest absolute Gasteiger partial charge is 0.478 e. The van der Waals surface area contributed by atoms with Crippen LogP contribution in [-0.2, 0) is 16.1 Å². The van der Waals surface area contributed by atoms with Crippen molar-refractivity contribution >= 4 is 29.5 Å². The monoisotopic (exact) mass is 351 g/mol. The summed E-state index contributed by atoms with van der Waals surface area (Å²) in [4.78, 5) is 25.8. The minimum Gasteiger partial charge on any atom is -0.478 e. The number of hydrogen-bond acceptors (Lipinski definition) is 4. The van der Waals surface area contributed by atoms with Gasteiger partial charge in [-0.1, -0.05) is 18.2 Å². The van der Waals surface area contributed by atoms with Gasteiger partial charge in [0.25, 0.3) is 0 Å². The van der Waals surface area contributed by atoms with Crippen LogP contribution in [0.1, 0.15) is 11.3 Å². The van der Waals surface area contributed by atoms with E-state index < -0.39 is 11.9 Å². The lowest BCUT2D eigenvalue weighted by Gasteiger charge is -2.27. The van der Waals surface area contributed by atoms with E-state index in [0.29, 0.717) is 12.2 Å². The third-order valence-corrected chi connectivity index (χ3v) is 3.94. The summed E-state index contributed by atoms with van der Waals surface area (Å²) in [6, 6.07) is 12.9. The molecule has 0 saturated carbocycles. The molecular formula is C19H17N3O4. The fourth-order valence-corrected chi connectivity index (χ4v) is 2.87. The fourth-order valence-electron chi connectivity index (χ4n) is 2.87. The average Bonchev–Trinajstić information content (AvgIpc) is 3.04. The first-order valence-electron chi connectivity index (χ1n) is 7.93. The first-order valence-corrected chi connectivity index (χ1v) is 7.93. The van der Waals surface area contributed by atoms with Crippen molar-refractivity contribution in [1.82, 2.24) is 4.57 Å². The van der Waals surface area contributed by atoms with Crippen LogP contribution in [0.3, 0.4) is 0 Å². The van der Waals surface area contributed by atoms with Gasteiger partial charge in [0, 0.05) is 36.8 Å². The number of carboxylic acid groups (broad SMARTS) is 2. The van der Waals surface area contributed by atoms with E-state index >= 15 is 0 Å². The molecule has 0 unspecified atom stereocenters. The normalized spacial score (nSPS) is 14.3. The van der Waals surface area contributed by atoms with E-state index in [1.165, 1.54) is 22.6 Å². The highest BCUT2D eigenvalue weighted by molar-refractivity contribution is 5.89. The van der Waals surface area contributed by atoms with Crippen LogP contribution in [0.15, 0.2) is 65.9 Å². The summed E-state index contributed by atoms with van der Waals surface area (Å²) in [6.45, 7) is 1.76. The molecule has 132 valence electrons. The molecule has 0 fully saturated rings. The van der Waals surface area contributed by atoms with Crippen LogP contribution < -0.4 is 4.90 Å². The van der Waals surface area contributed by atoms with Gasteiger partial charge in [0.15, 0.2) is 0 Å². The van der Waals surface area contributed by atoms with E-state index in [0.717, 1.165) is 13.1 Å². The Bertz CT molecular complexity index is 908. The Morgan fingerprint density at radius 1 is 1.04 bits per heavy atom. The van der Waals surface area contributed by atoms with Gasteiger partial charge in [-0.3, -0.25) is 4.99 Å². The molecule has 2 aliphatic heterocycles. The topological polar surface area (TPSA) is 95.1 Å². The molecule has 1 aromatic carbocycles. The van der Waals surface area contributed by atoms with Gasteiger partial charge in [-0.25, -0.2) is 9.59 Å². The Hall–Kier alpha value is -3.61. The van der Waals surface area contributed by atoms with Gasteiger partial charge in [-0.2, -0.15) is 0 Å². The van der Waals surface area contributed by atoms with E-state index in [1.807, 2.05) is 12.4 Å². The summed E-state index contributed by atoms with van der Waals surface area (Å²) in [6.07, 6.45) is 7.16. The average molecular weight is 351 g/mol. The number of rotatable bonds is 2. The van der Waals surface area contributed by atoms with Crippen LogP contribution in [0.4, 0.5) is 5.69 Å². The zero-order chi connectivity index (χ0) is 18.5. The Morgan fingerprint density at radius 3 is 2.50 bits per heavy atom. The van der Waals surface area contributed by atoms with Crippen molar-refractivity contribution in [3.05, 3.63) is 72.2 Å². The van der Waals surface area contributed by atoms with Crippen molar-refractivity contribution in [2.45, 2.75) is 6.54 Å². The smallest absolute Gasteiger partial charge is 0.328 e. The van der Waals surface area contributed by atoms with E-state index in [2.05, 4.69) is 57.1 Å². The Kier molecular flexibility index (Phi) is 4.98. The molecule has 3 heterocycles. The summed E-state index contributed by atoms with van der Waals surface area (Å²) in [5.41, 5.74) is 5.07. The third kappa shape index (κ3) is 3.72. The second kappa shape index (κ2) is 7.52. The van der Waals surface area contributed by atoms with Gasteiger partial charge < -0.3 is 19.7 Å². The summed E-state index contributed by atoms with van der Waals surface area (Å²) >= 11 is 0. The number of aromatic nitrogens is 1. The molecule has 1 aromatic heterocycles. The van der Waals surface area contributed by atoms with Crippen molar-refractivity contribution in [2.75, 3.05) is 11.4 Å². The molecule has 2 aromatic rings. The number of hydrogen-bond donors (Lipinski definition) is 2. The molecule has 0 spiro atoms. The predicted molar refractivity (Wildman–Crippen MR) is 98.2 cm³/mol. The predicted octanol–water partition coefficient (Wildman–Crippen LogP) is 2.45. The first-order chi connectivity index (χ1) is 12.6. The molecule has 0 aliphatic carbocycles. The van der Waals surface area contributed by atoms with Crippen LogP contribution in [-0.4, -0.2) is 39.5 Å². The zero-order valence-corrected chi connectivity index (χ0v) is 13.8. The second-order valence-electron chi connectivity index (χ2n) is 5.62. The van der Waals surface area contributed by atoms with Crippen LogP contribution in [0.2, 0.25) is 0 Å². The van der Waals surface area contributed by atoms with Crippen LogP contribution in [0.5, 0.6) is 0 Å². The van der Waals surface area contributed by atoms with E-state index in [9.17, 15) is 9.59 Å². The number of para-hydroxylation sites is 1. The quantitative estimate of drug-likeness (QED) is 0.811. The van der Waals surface area contributed by atoms with Gasteiger partial charge in [-0.15, -0.1) is 0 Å². The number of carboxylic acids is 2. The molecule has 0 saturated heterocycles. The summed E-state index contributed by atoms with van der Waals surface area (Å²) in [7, 11) is 0. The molecule has 7 nitrogen and oxygen atoms in total. The second-order valence-corrected chi connectivity index (χ2v) is 5.62. The lowest BCUT2D eigenvalue weighted by atomic mass is 10.1. The summed E-state index contributed by atoms with van der Waals surface area (Å²) in [5, 5.41) is 15.6. The van der Waals surface area contributed by atoms with Crippen LogP contribution in [0, 0.1) is 0 Å². The van der Waals surface area contributed by atoms with E-state index in [4.69, 9.17) is 10.2 Å². The third-order valence-electron chi connectivity index (χ3n) is 3.94. The molecule has 4 rings (SSSR count). The highest BCUT2D eigenvalue weighted by atomic mass is 16.4. The van der Waals surface area contributed by atoms with Crippen molar-refractivity contribution in [1.29, 1.82) is 0 Å². The maximum absolute atomic E-state index is 9.55. The van der Waals surface area contributed by atoms with E-state index in [-0.39, 0.29) is 0 Å². The molecule has 2 aliphatic rings.